The minimum Gasteiger partial charge on any atom is -0.292 e. The van der Waals surface area contributed by atoms with Gasteiger partial charge in [-0.15, -0.1) is 11.6 Å². The van der Waals surface area contributed by atoms with E-state index < -0.39 is 17.5 Å². The Hall–Kier alpha value is -1.53. The van der Waals surface area contributed by atoms with E-state index in [4.69, 9.17) is 11.6 Å². The molecule has 1 heterocycles. The molecule has 108 valence electrons. The van der Waals surface area contributed by atoms with E-state index in [0.29, 0.717) is 11.5 Å². The minimum atomic E-state index is -1.04. The third-order valence-corrected chi connectivity index (χ3v) is 3.94. The Bertz CT molecular complexity index is 848. The molecule has 0 aliphatic heterocycles. The van der Waals surface area contributed by atoms with Gasteiger partial charge >= 0.3 is 0 Å². The normalized spacial score (nSPS) is 11.3. The highest BCUT2D eigenvalue weighted by Gasteiger charge is 2.18. The molecule has 2 nitrogen and oxygen atoms in total. The van der Waals surface area contributed by atoms with Crippen molar-refractivity contribution in [1.82, 2.24) is 9.55 Å². The van der Waals surface area contributed by atoms with Gasteiger partial charge in [-0.1, -0.05) is 0 Å². The van der Waals surface area contributed by atoms with Gasteiger partial charge in [-0.05, 0) is 46.3 Å². The topological polar surface area (TPSA) is 17.8 Å². The van der Waals surface area contributed by atoms with Crippen LogP contribution in [0.3, 0.4) is 0 Å². The molecular formula is C14H7BrClF3N2. The monoisotopic (exact) mass is 374 g/mol. The molecule has 0 bridgehead atoms. The Morgan fingerprint density at radius 1 is 1.10 bits per heavy atom. The van der Waals surface area contributed by atoms with Gasteiger partial charge in [0.05, 0.1) is 21.6 Å². The molecule has 0 spiro atoms. The summed E-state index contributed by atoms with van der Waals surface area (Å²) >= 11 is 8.86. The van der Waals surface area contributed by atoms with Gasteiger partial charge in [0.2, 0.25) is 0 Å². The van der Waals surface area contributed by atoms with Crippen LogP contribution in [0, 0.1) is 17.5 Å². The van der Waals surface area contributed by atoms with Gasteiger partial charge in [0.15, 0.2) is 11.6 Å². The summed E-state index contributed by atoms with van der Waals surface area (Å²) in [5.74, 6) is -2.28. The maximum Gasteiger partial charge on any atom is 0.185 e. The fourth-order valence-electron chi connectivity index (χ4n) is 2.14. The Morgan fingerprint density at radius 2 is 1.86 bits per heavy atom. The highest BCUT2D eigenvalue weighted by atomic mass is 79.9. The summed E-state index contributed by atoms with van der Waals surface area (Å²) < 4.78 is 42.9. The molecule has 0 unspecified atom stereocenters. The first kappa shape index (κ1) is 14.4. The molecule has 0 radical (unpaired) electrons. The number of alkyl halides is 1. The quantitative estimate of drug-likeness (QED) is 0.580. The summed E-state index contributed by atoms with van der Waals surface area (Å²) in [4.78, 5) is 4.15. The number of aromatic nitrogens is 2. The van der Waals surface area contributed by atoms with Crippen LogP contribution in [0.2, 0.25) is 0 Å². The van der Waals surface area contributed by atoms with Crippen molar-refractivity contribution < 1.29 is 13.2 Å². The molecule has 0 atom stereocenters. The van der Waals surface area contributed by atoms with Gasteiger partial charge in [-0.3, -0.25) is 4.57 Å². The van der Waals surface area contributed by atoms with Crippen LogP contribution in [-0.4, -0.2) is 9.55 Å². The summed E-state index contributed by atoms with van der Waals surface area (Å²) in [7, 11) is 0. The maximum absolute atomic E-state index is 14.1. The summed E-state index contributed by atoms with van der Waals surface area (Å²) in [6.45, 7) is 0. The zero-order valence-electron chi connectivity index (χ0n) is 10.4. The van der Waals surface area contributed by atoms with Crippen molar-refractivity contribution in [2.24, 2.45) is 0 Å². The van der Waals surface area contributed by atoms with E-state index in [1.54, 1.807) is 6.07 Å². The standard InChI is InChI=1S/C14H7BrClF3N2/c15-8-2-1-7(5-10(8)18)21-12(6-16)20-11-4-3-9(17)13(19)14(11)21/h1-5H,6H2. The summed E-state index contributed by atoms with van der Waals surface area (Å²) in [5, 5.41) is 0. The maximum atomic E-state index is 14.1. The molecule has 3 aromatic rings. The summed E-state index contributed by atoms with van der Waals surface area (Å²) in [5.41, 5.74) is 0.513. The molecule has 0 amide bonds. The van der Waals surface area contributed by atoms with Gasteiger partial charge < -0.3 is 0 Å². The predicted molar refractivity (Wildman–Crippen MR) is 78.2 cm³/mol. The zero-order chi connectivity index (χ0) is 15.1. The van der Waals surface area contributed by atoms with E-state index in [1.165, 1.54) is 22.8 Å². The fourth-order valence-corrected chi connectivity index (χ4v) is 2.57. The molecule has 0 fully saturated rings. The fraction of sp³-hybridized carbons (Fsp3) is 0.0714. The number of fused-ring (bicyclic) bond motifs is 1. The van der Waals surface area contributed by atoms with Crippen LogP contribution in [-0.2, 0) is 5.88 Å². The molecule has 0 aliphatic rings. The molecule has 2 aromatic carbocycles. The van der Waals surface area contributed by atoms with E-state index >= 15 is 0 Å². The Balaban J connectivity index is 2.39. The van der Waals surface area contributed by atoms with Crippen LogP contribution in [0.4, 0.5) is 13.2 Å². The molecular weight excluding hydrogens is 369 g/mol. The van der Waals surface area contributed by atoms with Gasteiger partial charge in [0, 0.05) is 0 Å². The predicted octanol–water partition coefficient (Wildman–Crippen LogP) is 4.94. The van der Waals surface area contributed by atoms with E-state index in [9.17, 15) is 13.2 Å². The largest absolute Gasteiger partial charge is 0.292 e. The number of rotatable bonds is 2. The van der Waals surface area contributed by atoms with Crippen molar-refractivity contribution in [3.05, 3.63) is 58.1 Å². The van der Waals surface area contributed by atoms with Crippen molar-refractivity contribution in [1.29, 1.82) is 0 Å². The lowest BCUT2D eigenvalue weighted by Gasteiger charge is -2.09. The van der Waals surface area contributed by atoms with Crippen molar-refractivity contribution in [2.75, 3.05) is 0 Å². The lowest BCUT2D eigenvalue weighted by molar-refractivity contribution is 0.514. The number of nitrogens with zero attached hydrogens (tertiary/aromatic N) is 2. The van der Waals surface area contributed by atoms with Crippen molar-refractivity contribution in [3.8, 4) is 5.69 Å². The van der Waals surface area contributed by atoms with Crippen LogP contribution >= 0.6 is 27.5 Å². The molecule has 0 saturated heterocycles. The van der Waals surface area contributed by atoms with Crippen molar-refractivity contribution in [2.45, 2.75) is 5.88 Å². The third-order valence-electron chi connectivity index (χ3n) is 3.06. The summed E-state index contributed by atoms with van der Waals surface area (Å²) in [6.07, 6.45) is 0. The summed E-state index contributed by atoms with van der Waals surface area (Å²) in [6, 6.07) is 6.59. The van der Waals surface area contributed by atoms with Gasteiger partial charge in [0.1, 0.15) is 17.2 Å². The number of hydrogen-bond acceptors (Lipinski definition) is 1. The van der Waals surface area contributed by atoms with E-state index in [-0.39, 0.29) is 21.4 Å². The van der Waals surface area contributed by atoms with E-state index in [0.717, 1.165) is 6.07 Å². The van der Waals surface area contributed by atoms with Gasteiger partial charge in [-0.25, -0.2) is 18.2 Å². The van der Waals surface area contributed by atoms with Crippen molar-refractivity contribution in [3.63, 3.8) is 0 Å². The Kier molecular flexibility index (Phi) is 3.67. The Morgan fingerprint density at radius 3 is 2.52 bits per heavy atom. The smallest absolute Gasteiger partial charge is 0.185 e. The van der Waals surface area contributed by atoms with Crippen LogP contribution in [0.5, 0.6) is 0 Å². The van der Waals surface area contributed by atoms with Gasteiger partial charge in [-0.2, -0.15) is 0 Å². The SMILES string of the molecule is Fc1cc(-n2c(CCl)nc3ccc(F)c(F)c32)ccc1Br. The molecule has 21 heavy (non-hydrogen) atoms. The minimum absolute atomic E-state index is 0.0204. The number of halogens is 5. The van der Waals surface area contributed by atoms with E-state index in [1.807, 2.05) is 0 Å². The lowest BCUT2D eigenvalue weighted by Crippen LogP contribution is -2.02. The average Bonchev–Trinajstić information content (AvgIpc) is 2.85. The first-order chi connectivity index (χ1) is 10.0. The first-order valence-corrected chi connectivity index (χ1v) is 7.22. The highest BCUT2D eigenvalue weighted by molar-refractivity contribution is 9.10. The second-order valence-electron chi connectivity index (χ2n) is 4.32. The Labute approximate surface area is 131 Å². The molecule has 0 saturated carbocycles. The molecule has 3 rings (SSSR count). The number of hydrogen-bond donors (Lipinski definition) is 0. The van der Waals surface area contributed by atoms with Crippen LogP contribution in [0.1, 0.15) is 5.82 Å². The number of benzene rings is 2. The third kappa shape index (κ3) is 2.32. The number of imidazole rings is 1. The molecule has 7 heteroatoms. The van der Waals surface area contributed by atoms with Gasteiger partial charge in [0.25, 0.3) is 0 Å². The average molecular weight is 376 g/mol. The van der Waals surface area contributed by atoms with E-state index in [2.05, 4.69) is 20.9 Å². The van der Waals surface area contributed by atoms with Crippen molar-refractivity contribution >= 4 is 38.6 Å². The molecule has 0 N–H and O–H groups in total. The second kappa shape index (κ2) is 5.35. The first-order valence-electron chi connectivity index (χ1n) is 5.89. The van der Waals surface area contributed by atoms with Crippen LogP contribution in [0.25, 0.3) is 16.7 Å². The second-order valence-corrected chi connectivity index (χ2v) is 5.45. The van der Waals surface area contributed by atoms with Crippen LogP contribution in [0.15, 0.2) is 34.8 Å². The lowest BCUT2D eigenvalue weighted by atomic mass is 10.2. The zero-order valence-corrected chi connectivity index (χ0v) is 12.7. The molecule has 0 aliphatic carbocycles. The highest BCUT2D eigenvalue weighted by Crippen LogP contribution is 2.28. The van der Waals surface area contributed by atoms with Crippen LogP contribution < -0.4 is 0 Å². The molecule has 1 aromatic heterocycles.